The van der Waals surface area contributed by atoms with E-state index in [0.717, 1.165) is 6.42 Å². The lowest BCUT2D eigenvalue weighted by atomic mass is 10.1. The van der Waals surface area contributed by atoms with Gasteiger partial charge in [-0.25, -0.2) is 0 Å². The summed E-state index contributed by atoms with van der Waals surface area (Å²) in [6.45, 7) is 1.34. The first-order valence-corrected chi connectivity index (χ1v) is 4.51. The summed E-state index contributed by atoms with van der Waals surface area (Å²) >= 11 is 0. The number of fused-ring (bicyclic) bond motifs is 1. The Hall–Kier alpha value is -0.200. The zero-order chi connectivity index (χ0) is 8.67. The molecule has 3 aliphatic heterocycles. The molecule has 0 aromatic rings. The molecule has 74 valence electrons. The van der Waals surface area contributed by atoms with Crippen molar-refractivity contribution in [3.8, 4) is 0 Å². The van der Waals surface area contributed by atoms with Crippen molar-refractivity contribution >= 4 is 0 Å². The molecule has 5 heteroatoms. The van der Waals surface area contributed by atoms with Gasteiger partial charge in [0.1, 0.15) is 19.0 Å². The predicted molar refractivity (Wildman–Crippen MR) is 39.8 cm³/mol. The highest BCUT2D eigenvalue weighted by Gasteiger charge is 2.45. The third kappa shape index (κ3) is 1.37. The quantitative estimate of drug-likeness (QED) is 0.572. The first-order chi connectivity index (χ1) is 6.43. The van der Waals surface area contributed by atoms with Crippen LogP contribution in [0.2, 0.25) is 0 Å². The molecule has 0 radical (unpaired) electrons. The highest BCUT2D eigenvalue weighted by atomic mass is 16.8. The van der Waals surface area contributed by atoms with Crippen molar-refractivity contribution in [3.63, 3.8) is 0 Å². The molecule has 0 bridgehead atoms. The topological polar surface area (TPSA) is 46.2 Å². The van der Waals surface area contributed by atoms with Crippen LogP contribution in [0.25, 0.3) is 0 Å². The minimum atomic E-state index is -0.186. The van der Waals surface area contributed by atoms with Gasteiger partial charge < -0.3 is 23.7 Å². The van der Waals surface area contributed by atoms with Gasteiger partial charge in [0.05, 0.1) is 12.7 Å². The fourth-order valence-corrected chi connectivity index (χ4v) is 1.94. The lowest BCUT2D eigenvalue weighted by Gasteiger charge is -2.16. The van der Waals surface area contributed by atoms with Crippen molar-refractivity contribution in [3.05, 3.63) is 0 Å². The summed E-state index contributed by atoms with van der Waals surface area (Å²) < 4.78 is 26.6. The molecule has 0 aromatic carbocycles. The van der Waals surface area contributed by atoms with Crippen molar-refractivity contribution in [1.29, 1.82) is 0 Å². The second-order valence-corrected chi connectivity index (χ2v) is 3.46. The molecular formula is C8H12O5. The lowest BCUT2D eigenvalue weighted by molar-refractivity contribution is -0.141. The van der Waals surface area contributed by atoms with Crippen LogP contribution in [0.4, 0.5) is 0 Å². The Morgan fingerprint density at radius 3 is 2.54 bits per heavy atom. The molecule has 3 rings (SSSR count). The summed E-state index contributed by atoms with van der Waals surface area (Å²) in [5.74, 6) is 0. The first kappa shape index (κ1) is 8.14. The zero-order valence-electron chi connectivity index (χ0n) is 7.18. The van der Waals surface area contributed by atoms with Crippen molar-refractivity contribution in [2.45, 2.75) is 31.0 Å². The van der Waals surface area contributed by atoms with Gasteiger partial charge in [0.15, 0.2) is 13.1 Å². The Morgan fingerprint density at radius 1 is 0.846 bits per heavy atom. The van der Waals surface area contributed by atoms with Gasteiger partial charge in [0, 0.05) is 6.42 Å². The van der Waals surface area contributed by atoms with E-state index >= 15 is 0 Å². The van der Waals surface area contributed by atoms with Crippen LogP contribution in [0, 0.1) is 0 Å². The summed E-state index contributed by atoms with van der Waals surface area (Å²) in [5.41, 5.74) is 0. The molecule has 0 saturated carbocycles. The number of ether oxygens (including phenoxy) is 5. The van der Waals surface area contributed by atoms with Crippen LogP contribution in [0.15, 0.2) is 0 Å². The van der Waals surface area contributed by atoms with E-state index in [0.29, 0.717) is 20.2 Å². The molecule has 3 aliphatic rings. The largest absolute Gasteiger partial charge is 0.353 e. The van der Waals surface area contributed by atoms with Gasteiger partial charge in [0.2, 0.25) is 0 Å². The van der Waals surface area contributed by atoms with E-state index in [9.17, 15) is 0 Å². The van der Waals surface area contributed by atoms with E-state index in [2.05, 4.69) is 0 Å². The average molecular weight is 188 g/mol. The minimum absolute atomic E-state index is 0.0535. The fraction of sp³-hybridized carbons (Fsp3) is 1.00. The number of hydrogen-bond acceptors (Lipinski definition) is 5. The highest BCUT2D eigenvalue weighted by molar-refractivity contribution is 4.86. The maximum atomic E-state index is 5.62. The molecule has 3 fully saturated rings. The van der Waals surface area contributed by atoms with Crippen LogP contribution < -0.4 is 0 Å². The molecule has 5 nitrogen and oxygen atoms in total. The zero-order valence-corrected chi connectivity index (χ0v) is 7.18. The third-order valence-electron chi connectivity index (χ3n) is 2.65. The van der Waals surface area contributed by atoms with Gasteiger partial charge in [-0.05, 0) is 0 Å². The Bertz CT molecular complexity index is 179. The van der Waals surface area contributed by atoms with Crippen LogP contribution in [0.1, 0.15) is 6.42 Å². The Morgan fingerprint density at radius 2 is 1.77 bits per heavy atom. The molecule has 4 unspecified atom stereocenters. The van der Waals surface area contributed by atoms with E-state index in [1.165, 1.54) is 0 Å². The van der Waals surface area contributed by atoms with Crippen LogP contribution in [-0.2, 0) is 23.7 Å². The van der Waals surface area contributed by atoms with Crippen LogP contribution in [0.3, 0.4) is 0 Å². The molecule has 0 aromatic heterocycles. The summed E-state index contributed by atoms with van der Waals surface area (Å²) in [4.78, 5) is 0. The van der Waals surface area contributed by atoms with Gasteiger partial charge in [-0.1, -0.05) is 0 Å². The Labute approximate surface area is 75.8 Å². The average Bonchev–Trinajstić information content (AvgIpc) is 2.78. The Kier molecular flexibility index (Phi) is 1.99. The summed E-state index contributed by atoms with van der Waals surface area (Å²) in [6, 6.07) is 0. The van der Waals surface area contributed by atoms with E-state index < -0.39 is 0 Å². The SMILES string of the molecule is C1OCC(C2CC3OCOC3O2)O1. The van der Waals surface area contributed by atoms with Gasteiger partial charge >= 0.3 is 0 Å². The molecule has 13 heavy (non-hydrogen) atoms. The van der Waals surface area contributed by atoms with E-state index in [-0.39, 0.29) is 24.6 Å². The van der Waals surface area contributed by atoms with E-state index in [4.69, 9.17) is 23.7 Å². The van der Waals surface area contributed by atoms with Crippen molar-refractivity contribution < 1.29 is 23.7 Å². The number of rotatable bonds is 1. The second-order valence-electron chi connectivity index (χ2n) is 3.46. The maximum absolute atomic E-state index is 5.62. The molecule has 3 heterocycles. The summed E-state index contributed by atoms with van der Waals surface area (Å²) in [7, 11) is 0. The van der Waals surface area contributed by atoms with E-state index in [1.54, 1.807) is 0 Å². The van der Waals surface area contributed by atoms with Crippen molar-refractivity contribution in [2.24, 2.45) is 0 Å². The first-order valence-electron chi connectivity index (χ1n) is 4.51. The maximum Gasteiger partial charge on any atom is 0.187 e. The molecule has 0 aliphatic carbocycles. The van der Waals surface area contributed by atoms with Gasteiger partial charge in [-0.2, -0.15) is 0 Å². The number of hydrogen-bond donors (Lipinski definition) is 0. The van der Waals surface area contributed by atoms with Gasteiger partial charge in [-0.3, -0.25) is 0 Å². The van der Waals surface area contributed by atoms with Crippen molar-refractivity contribution in [1.82, 2.24) is 0 Å². The summed E-state index contributed by atoms with van der Waals surface area (Å²) in [5, 5.41) is 0. The smallest absolute Gasteiger partial charge is 0.187 e. The molecule has 0 N–H and O–H groups in total. The molecular weight excluding hydrogens is 176 g/mol. The van der Waals surface area contributed by atoms with Gasteiger partial charge in [-0.15, -0.1) is 0 Å². The Balaban J connectivity index is 1.62. The fourth-order valence-electron chi connectivity index (χ4n) is 1.94. The highest BCUT2D eigenvalue weighted by Crippen LogP contribution is 2.31. The van der Waals surface area contributed by atoms with Gasteiger partial charge in [0.25, 0.3) is 0 Å². The monoisotopic (exact) mass is 188 g/mol. The molecule has 3 saturated heterocycles. The molecule has 0 spiro atoms. The predicted octanol–water partition coefficient (Wildman–Crippen LogP) is -0.153. The van der Waals surface area contributed by atoms with E-state index in [1.807, 2.05) is 0 Å². The second kappa shape index (κ2) is 3.18. The van der Waals surface area contributed by atoms with Crippen molar-refractivity contribution in [2.75, 3.05) is 20.2 Å². The van der Waals surface area contributed by atoms with Crippen LogP contribution >= 0.6 is 0 Å². The minimum Gasteiger partial charge on any atom is -0.353 e. The van der Waals surface area contributed by atoms with Crippen LogP contribution in [0.5, 0.6) is 0 Å². The lowest BCUT2D eigenvalue weighted by Crippen LogP contribution is -2.28. The molecule has 0 amide bonds. The van der Waals surface area contributed by atoms with Crippen LogP contribution in [-0.4, -0.2) is 44.8 Å². The summed E-state index contributed by atoms with van der Waals surface area (Å²) in [6.07, 6.45) is 0.873. The third-order valence-corrected chi connectivity index (χ3v) is 2.65. The molecule has 4 atom stereocenters. The standard InChI is InChI=1S/C8H12O5/c1-5(7-2-9-3-10-7)13-8-6(1)11-4-12-8/h5-8H,1-4H2. The normalized spacial score (nSPS) is 49.8.